The van der Waals surface area contributed by atoms with Crippen LogP contribution in [0.15, 0.2) is 33.2 Å². The molecule has 0 aliphatic heterocycles. The van der Waals surface area contributed by atoms with Crippen LogP contribution in [0.25, 0.3) is 0 Å². The molecule has 2 rings (SSSR count). The fraction of sp³-hybridized carbons (Fsp3) is 0.500. The van der Waals surface area contributed by atoms with Crippen molar-refractivity contribution in [3.05, 3.63) is 67.1 Å². The van der Waals surface area contributed by atoms with E-state index < -0.39 is 15.5 Å². The van der Waals surface area contributed by atoms with Crippen molar-refractivity contribution in [2.45, 2.75) is 73.4 Å². The summed E-state index contributed by atoms with van der Waals surface area (Å²) in [5.74, 6) is -0.539. The lowest BCUT2D eigenvalue weighted by Gasteiger charge is -2.36. The number of aliphatic hydroxyl groups is 1. The van der Waals surface area contributed by atoms with Crippen LogP contribution in [0, 0.1) is 25.5 Å². The van der Waals surface area contributed by atoms with Crippen LogP contribution in [0.2, 0.25) is 18.1 Å². The molecule has 0 aliphatic rings. The molecule has 1 N–H and O–H groups in total. The van der Waals surface area contributed by atoms with E-state index in [0.29, 0.717) is 17.7 Å². The maximum absolute atomic E-state index is 13.8. The Labute approximate surface area is 211 Å². The quantitative estimate of drug-likeness (QED) is 0.354. The fourth-order valence-corrected chi connectivity index (χ4v) is 3.81. The van der Waals surface area contributed by atoms with Crippen molar-refractivity contribution in [3.63, 3.8) is 0 Å². The molecule has 184 valence electrons. The minimum Gasteiger partial charge on any atom is -0.412 e. The van der Waals surface area contributed by atoms with Crippen molar-refractivity contribution >= 4 is 40.2 Å². The average Bonchev–Trinajstić information content (AvgIpc) is 2.67. The Kier molecular flexibility index (Phi) is 14.3. The Morgan fingerprint density at radius 1 is 0.969 bits per heavy atom. The van der Waals surface area contributed by atoms with E-state index in [1.165, 1.54) is 6.07 Å². The highest BCUT2D eigenvalue weighted by Crippen LogP contribution is 2.37. The molecule has 0 atom stereocenters. The predicted octanol–water partition coefficient (Wildman–Crippen LogP) is 9.03. The highest BCUT2D eigenvalue weighted by Gasteiger charge is 2.37. The van der Waals surface area contributed by atoms with E-state index in [-0.39, 0.29) is 30.7 Å². The minimum absolute atomic E-state index is 0. The van der Waals surface area contributed by atoms with E-state index in [1.807, 2.05) is 13.0 Å². The molecule has 0 amide bonds. The molecule has 0 unspecified atom stereocenters. The van der Waals surface area contributed by atoms with Gasteiger partial charge in [-0.05, 0) is 67.4 Å². The van der Waals surface area contributed by atoms with Crippen LogP contribution in [0.1, 0.15) is 51.8 Å². The van der Waals surface area contributed by atoms with Gasteiger partial charge in [0.15, 0.2) is 8.32 Å². The van der Waals surface area contributed by atoms with Crippen molar-refractivity contribution in [2.24, 2.45) is 0 Å². The van der Waals surface area contributed by atoms with E-state index in [9.17, 15) is 13.2 Å². The number of rotatable bonds is 4. The lowest BCUT2D eigenvalue weighted by atomic mass is 10.1. The maximum atomic E-state index is 13.8. The van der Waals surface area contributed by atoms with Crippen molar-refractivity contribution < 1.29 is 24.1 Å². The van der Waals surface area contributed by atoms with E-state index in [2.05, 4.69) is 65.7 Å². The molecule has 0 saturated heterocycles. The molecule has 0 fully saturated rings. The zero-order chi connectivity index (χ0) is 25.3. The smallest absolute Gasteiger partial charge is 0.192 e. The molecule has 0 saturated carbocycles. The third-order valence-electron chi connectivity index (χ3n) is 5.22. The van der Waals surface area contributed by atoms with Gasteiger partial charge in [0.2, 0.25) is 0 Å². The van der Waals surface area contributed by atoms with Crippen LogP contribution in [0.5, 0.6) is 0 Å². The third kappa shape index (κ3) is 10.1. The summed E-state index contributed by atoms with van der Waals surface area (Å²) in [4.78, 5) is 0. The highest BCUT2D eigenvalue weighted by molar-refractivity contribution is 9.10. The molecular formula is C24H37Br2F3O2Si. The molecule has 0 aromatic heterocycles. The number of alkyl halides is 1. The summed E-state index contributed by atoms with van der Waals surface area (Å²) in [5, 5.41) is 8.82. The van der Waals surface area contributed by atoms with E-state index in [4.69, 9.17) is 10.9 Å². The van der Waals surface area contributed by atoms with Gasteiger partial charge in [0.1, 0.15) is 11.6 Å². The van der Waals surface area contributed by atoms with E-state index in [1.54, 1.807) is 19.1 Å². The first kappa shape index (κ1) is 31.3. The van der Waals surface area contributed by atoms with Crippen LogP contribution in [-0.4, -0.2) is 20.6 Å². The Morgan fingerprint density at radius 3 is 1.72 bits per heavy atom. The molecule has 0 radical (unpaired) electrons. The van der Waals surface area contributed by atoms with Crippen LogP contribution < -0.4 is 0 Å². The molecule has 32 heavy (non-hydrogen) atoms. The monoisotopic (exact) mass is 601 g/mol. The number of benzene rings is 2. The standard InChI is InChI=1S/C14H22BrFOSi.C8H8BrFO.CH3F.CH4/c1-10-7-13(16)11(8-12(10)15)9-17-18(5,6)14(2,3)4;1-5-2-8(10)6(4-11)3-7(5)9;1-2;/h7-8H,9H2,1-6H3;2-3,11H,4H2,1H3;1H3;1H4/i;;1D;. The van der Waals surface area contributed by atoms with Crippen LogP contribution in [0.3, 0.4) is 0 Å². The summed E-state index contributed by atoms with van der Waals surface area (Å²) in [5.41, 5.74) is 2.68. The van der Waals surface area contributed by atoms with Crippen molar-refractivity contribution in [1.29, 1.82) is 0 Å². The Morgan fingerprint density at radius 2 is 1.34 bits per heavy atom. The molecule has 0 heterocycles. The second-order valence-electron chi connectivity index (χ2n) is 8.59. The first-order chi connectivity index (χ1) is 14.6. The van der Waals surface area contributed by atoms with Crippen molar-refractivity contribution in [1.82, 2.24) is 0 Å². The molecule has 0 spiro atoms. The van der Waals surface area contributed by atoms with Gasteiger partial charge in [0.05, 0.1) is 21.7 Å². The predicted molar refractivity (Wildman–Crippen MR) is 139 cm³/mol. The second kappa shape index (κ2) is 14.6. The Bertz CT molecular complexity index is 876. The summed E-state index contributed by atoms with van der Waals surface area (Å²) >= 11 is 6.67. The van der Waals surface area contributed by atoms with Gasteiger partial charge in [-0.2, -0.15) is 0 Å². The van der Waals surface area contributed by atoms with E-state index >= 15 is 0 Å². The zero-order valence-electron chi connectivity index (χ0n) is 20.2. The number of hydrogen-bond acceptors (Lipinski definition) is 2. The molecule has 8 heteroatoms. The second-order valence-corrected chi connectivity index (χ2v) is 15.1. The van der Waals surface area contributed by atoms with Gasteiger partial charge in [0, 0.05) is 20.1 Å². The van der Waals surface area contributed by atoms with Gasteiger partial charge >= 0.3 is 0 Å². The third-order valence-corrected chi connectivity index (χ3v) is 11.4. The maximum Gasteiger partial charge on any atom is 0.192 e. The summed E-state index contributed by atoms with van der Waals surface area (Å²) < 4.78 is 50.0. The highest BCUT2D eigenvalue weighted by atomic mass is 79.9. The van der Waals surface area contributed by atoms with Gasteiger partial charge in [-0.25, -0.2) is 8.78 Å². The molecule has 2 aromatic carbocycles. The molecule has 2 nitrogen and oxygen atoms in total. The largest absolute Gasteiger partial charge is 0.412 e. The molecule has 0 bridgehead atoms. The topological polar surface area (TPSA) is 29.5 Å². The first-order valence-electron chi connectivity index (χ1n) is 10.3. The van der Waals surface area contributed by atoms with Crippen LogP contribution in [-0.2, 0) is 17.6 Å². The summed E-state index contributed by atoms with van der Waals surface area (Å²) in [6.07, 6.45) is 0. The first-order valence-corrected chi connectivity index (χ1v) is 14.1. The lowest BCUT2D eigenvalue weighted by molar-refractivity contribution is 0.271. The lowest BCUT2D eigenvalue weighted by Crippen LogP contribution is -2.40. The number of aliphatic hydroxyl groups excluding tert-OH is 1. The van der Waals surface area contributed by atoms with Crippen molar-refractivity contribution in [3.8, 4) is 0 Å². The number of hydrogen-bond donors (Lipinski definition) is 1. The number of aryl methyl sites for hydroxylation is 2. The van der Waals surface area contributed by atoms with Crippen LogP contribution >= 0.6 is 31.9 Å². The van der Waals surface area contributed by atoms with Gasteiger partial charge in [-0.3, -0.25) is 4.39 Å². The van der Waals surface area contributed by atoms with Gasteiger partial charge < -0.3 is 9.53 Å². The SMILES string of the molecule is C.Cc1cc(F)c(CO)cc1Br.Cc1cc(F)c(CO[Si](C)(C)C(C)(C)C)cc1Br.[2H]CF. The normalized spacial score (nSPS) is 11.3. The van der Waals surface area contributed by atoms with E-state index in [0.717, 1.165) is 20.1 Å². The average molecular weight is 603 g/mol. The van der Waals surface area contributed by atoms with Gasteiger partial charge in [0.25, 0.3) is 0 Å². The Balaban J connectivity index is 0. The van der Waals surface area contributed by atoms with Gasteiger partial charge in [-0.1, -0.05) is 60.1 Å². The fourth-order valence-electron chi connectivity index (χ4n) is 2.08. The molecular weight excluding hydrogens is 565 g/mol. The molecule has 0 aliphatic carbocycles. The van der Waals surface area contributed by atoms with Gasteiger partial charge in [-0.15, -0.1) is 0 Å². The van der Waals surface area contributed by atoms with Crippen LogP contribution in [0.4, 0.5) is 13.2 Å². The van der Waals surface area contributed by atoms with Crippen molar-refractivity contribution in [2.75, 3.05) is 7.15 Å². The summed E-state index contributed by atoms with van der Waals surface area (Å²) in [6, 6.07) is 6.35. The number of halogens is 5. The minimum atomic E-state index is -1.82. The summed E-state index contributed by atoms with van der Waals surface area (Å²) in [7, 11) is -2.82. The molecule has 2 aromatic rings. The summed E-state index contributed by atoms with van der Waals surface area (Å²) in [6.45, 7) is 14.7. The zero-order valence-corrected chi connectivity index (χ0v) is 23.3. The Hall–Kier alpha value is -0.673.